The third kappa shape index (κ3) is 3.57. The van der Waals surface area contributed by atoms with Crippen LogP contribution >= 0.6 is 11.3 Å². The molecule has 1 heterocycles. The molecule has 2 rings (SSSR count). The fraction of sp³-hybridized carbons (Fsp3) is 0.375. The summed E-state index contributed by atoms with van der Waals surface area (Å²) in [5.41, 5.74) is 1.72. The van der Waals surface area contributed by atoms with Crippen LogP contribution in [0.1, 0.15) is 28.5 Å². The summed E-state index contributed by atoms with van der Waals surface area (Å²) in [5, 5.41) is 3.90. The first kappa shape index (κ1) is 16.3. The molecule has 5 nitrogen and oxygen atoms in total. The Hall–Kier alpha value is -2.08. The van der Waals surface area contributed by atoms with Gasteiger partial charge in [-0.3, -0.25) is 0 Å². The molecule has 0 saturated carbocycles. The second-order valence-corrected chi connectivity index (χ2v) is 6.36. The normalized spacial score (nSPS) is 11.9. The number of nitrogens with one attached hydrogen (secondary N) is 1. The molecule has 0 fully saturated rings. The van der Waals surface area contributed by atoms with Gasteiger partial charge in [-0.2, -0.15) is 0 Å². The number of benzene rings is 1. The van der Waals surface area contributed by atoms with Gasteiger partial charge in [0.1, 0.15) is 5.75 Å². The van der Waals surface area contributed by atoms with Crippen LogP contribution in [-0.4, -0.2) is 30.1 Å². The molecule has 2 aromatic rings. The Morgan fingerprint density at radius 2 is 1.95 bits per heavy atom. The minimum Gasteiger partial charge on any atom is -0.497 e. The van der Waals surface area contributed by atoms with Crippen molar-refractivity contribution in [2.24, 2.45) is 0 Å². The van der Waals surface area contributed by atoms with E-state index in [1.54, 1.807) is 30.4 Å². The number of urea groups is 1. The van der Waals surface area contributed by atoms with Crippen LogP contribution in [0, 0.1) is 13.8 Å². The van der Waals surface area contributed by atoms with Crippen molar-refractivity contribution >= 4 is 23.1 Å². The predicted octanol–water partition coefficient (Wildman–Crippen LogP) is 3.99. The highest BCUT2D eigenvalue weighted by Crippen LogP contribution is 2.28. The van der Waals surface area contributed by atoms with E-state index in [4.69, 9.17) is 4.74 Å². The van der Waals surface area contributed by atoms with Crippen LogP contribution in [0.3, 0.4) is 0 Å². The number of ether oxygens (including phenoxy) is 1. The van der Waals surface area contributed by atoms with Crippen molar-refractivity contribution in [3.05, 3.63) is 39.8 Å². The van der Waals surface area contributed by atoms with Crippen molar-refractivity contribution in [3.63, 3.8) is 0 Å². The van der Waals surface area contributed by atoms with Crippen molar-refractivity contribution in [2.75, 3.05) is 19.5 Å². The molecule has 0 bridgehead atoms. The second-order valence-electron chi connectivity index (χ2n) is 5.13. The quantitative estimate of drug-likeness (QED) is 0.927. The summed E-state index contributed by atoms with van der Waals surface area (Å²) in [7, 11) is 3.40. The number of carbonyl (C=O) groups excluding carboxylic acids is 1. The fourth-order valence-corrected chi connectivity index (χ4v) is 3.20. The van der Waals surface area contributed by atoms with Crippen LogP contribution < -0.4 is 10.1 Å². The van der Waals surface area contributed by atoms with Crippen molar-refractivity contribution < 1.29 is 9.53 Å². The summed E-state index contributed by atoms with van der Waals surface area (Å²) in [4.78, 5) is 19.6. The van der Waals surface area contributed by atoms with Crippen molar-refractivity contribution in [2.45, 2.75) is 26.8 Å². The lowest BCUT2D eigenvalue weighted by molar-refractivity contribution is 0.209. The minimum absolute atomic E-state index is 0.0237. The zero-order chi connectivity index (χ0) is 16.3. The van der Waals surface area contributed by atoms with E-state index in [2.05, 4.69) is 10.3 Å². The molecule has 2 amide bonds. The smallest absolute Gasteiger partial charge is 0.322 e. The summed E-state index contributed by atoms with van der Waals surface area (Å²) >= 11 is 1.63. The molecule has 0 aliphatic heterocycles. The molecular formula is C16H21N3O2S. The number of rotatable bonds is 4. The van der Waals surface area contributed by atoms with Gasteiger partial charge in [0.15, 0.2) is 0 Å². The van der Waals surface area contributed by atoms with Crippen molar-refractivity contribution in [1.82, 2.24) is 9.88 Å². The summed E-state index contributed by atoms with van der Waals surface area (Å²) in [5.74, 6) is 0.760. The molecule has 0 saturated heterocycles. The number of thiazole rings is 1. The number of aryl methyl sites for hydroxylation is 2. The third-order valence-corrected chi connectivity index (χ3v) is 4.80. The van der Waals surface area contributed by atoms with Crippen LogP contribution in [0.25, 0.3) is 0 Å². The molecule has 0 radical (unpaired) electrons. The maximum atomic E-state index is 12.4. The topological polar surface area (TPSA) is 54.5 Å². The first-order chi connectivity index (χ1) is 10.4. The van der Waals surface area contributed by atoms with E-state index in [1.807, 2.05) is 45.0 Å². The van der Waals surface area contributed by atoms with E-state index in [0.717, 1.165) is 27.0 Å². The van der Waals surface area contributed by atoms with Gasteiger partial charge in [-0.05, 0) is 45.0 Å². The summed E-state index contributed by atoms with van der Waals surface area (Å²) < 4.78 is 5.10. The lowest BCUT2D eigenvalue weighted by Gasteiger charge is -2.24. The number of hydrogen-bond donors (Lipinski definition) is 1. The van der Waals surface area contributed by atoms with E-state index < -0.39 is 0 Å². The van der Waals surface area contributed by atoms with Gasteiger partial charge in [0.2, 0.25) is 0 Å². The van der Waals surface area contributed by atoms with Gasteiger partial charge >= 0.3 is 6.03 Å². The standard InChI is InChI=1S/C16H21N3O2S/c1-10-15(22-12(3)17-10)11(2)19(4)16(20)18-13-6-8-14(21-5)9-7-13/h6-9,11H,1-5H3,(H,18,20). The molecule has 22 heavy (non-hydrogen) atoms. The maximum Gasteiger partial charge on any atom is 0.322 e. The third-order valence-electron chi connectivity index (χ3n) is 3.56. The lowest BCUT2D eigenvalue weighted by atomic mass is 10.2. The number of nitrogens with zero attached hydrogens (tertiary/aromatic N) is 2. The molecule has 0 aliphatic rings. The SMILES string of the molecule is COc1ccc(NC(=O)N(C)C(C)c2sc(C)nc2C)cc1. The minimum atomic E-state index is -0.150. The van der Waals surface area contributed by atoms with E-state index in [-0.39, 0.29) is 12.1 Å². The Kier molecular flexibility index (Phi) is 5.03. The van der Waals surface area contributed by atoms with E-state index in [9.17, 15) is 4.79 Å². The highest BCUT2D eigenvalue weighted by Gasteiger charge is 2.21. The second kappa shape index (κ2) is 6.79. The number of methoxy groups -OCH3 is 1. The zero-order valence-corrected chi connectivity index (χ0v) is 14.3. The first-order valence-corrected chi connectivity index (χ1v) is 7.85. The number of carbonyl (C=O) groups is 1. The number of hydrogen-bond acceptors (Lipinski definition) is 4. The lowest BCUT2D eigenvalue weighted by Crippen LogP contribution is -2.33. The molecule has 1 atom stereocenters. The van der Waals surface area contributed by atoms with Gasteiger partial charge in [0, 0.05) is 17.6 Å². The average Bonchev–Trinajstić information content (AvgIpc) is 2.85. The first-order valence-electron chi connectivity index (χ1n) is 7.04. The molecule has 1 unspecified atom stereocenters. The van der Waals surface area contributed by atoms with Gasteiger partial charge in [-0.25, -0.2) is 9.78 Å². The number of amides is 2. The van der Waals surface area contributed by atoms with Crippen LogP contribution in [-0.2, 0) is 0 Å². The Labute approximate surface area is 134 Å². The van der Waals surface area contributed by atoms with Crippen LogP contribution in [0.2, 0.25) is 0 Å². The molecule has 1 N–H and O–H groups in total. The average molecular weight is 319 g/mol. The monoisotopic (exact) mass is 319 g/mol. The number of aromatic nitrogens is 1. The molecule has 1 aromatic carbocycles. The van der Waals surface area contributed by atoms with Gasteiger partial charge in [-0.1, -0.05) is 0 Å². The van der Waals surface area contributed by atoms with Crippen molar-refractivity contribution in [1.29, 1.82) is 0 Å². The molecule has 118 valence electrons. The van der Waals surface area contributed by atoms with Crippen LogP contribution in [0.5, 0.6) is 5.75 Å². The molecule has 0 aliphatic carbocycles. The highest BCUT2D eigenvalue weighted by atomic mass is 32.1. The zero-order valence-electron chi connectivity index (χ0n) is 13.5. The van der Waals surface area contributed by atoms with Gasteiger partial charge in [-0.15, -0.1) is 11.3 Å². The molecule has 1 aromatic heterocycles. The van der Waals surface area contributed by atoms with Gasteiger partial charge in [0.25, 0.3) is 0 Å². The summed E-state index contributed by atoms with van der Waals surface area (Å²) in [6, 6.07) is 7.09. The van der Waals surface area contributed by atoms with E-state index in [1.165, 1.54) is 0 Å². The van der Waals surface area contributed by atoms with Gasteiger partial charge < -0.3 is 15.0 Å². The maximum absolute atomic E-state index is 12.4. The van der Waals surface area contributed by atoms with E-state index >= 15 is 0 Å². The fourth-order valence-electron chi connectivity index (χ4n) is 2.17. The van der Waals surface area contributed by atoms with Crippen molar-refractivity contribution in [3.8, 4) is 5.75 Å². The highest BCUT2D eigenvalue weighted by molar-refractivity contribution is 7.11. The Morgan fingerprint density at radius 1 is 1.32 bits per heavy atom. The Bertz CT molecular complexity index is 652. The summed E-state index contributed by atoms with van der Waals surface area (Å²) in [6.45, 7) is 5.96. The predicted molar refractivity (Wildman–Crippen MR) is 89.8 cm³/mol. The van der Waals surface area contributed by atoms with Crippen LogP contribution in [0.4, 0.5) is 10.5 Å². The Morgan fingerprint density at radius 3 is 2.45 bits per heavy atom. The summed E-state index contributed by atoms with van der Waals surface area (Å²) in [6.07, 6.45) is 0. The molecule has 0 spiro atoms. The number of anilines is 1. The molecular weight excluding hydrogens is 298 g/mol. The van der Waals surface area contributed by atoms with E-state index in [0.29, 0.717) is 0 Å². The largest absolute Gasteiger partial charge is 0.497 e. The van der Waals surface area contributed by atoms with Gasteiger partial charge in [0.05, 0.1) is 23.9 Å². The Balaban J connectivity index is 2.06. The van der Waals surface area contributed by atoms with Crippen LogP contribution in [0.15, 0.2) is 24.3 Å². The molecule has 6 heteroatoms.